The van der Waals surface area contributed by atoms with E-state index >= 15 is 0 Å². The Morgan fingerprint density at radius 2 is 2.00 bits per heavy atom. The molecule has 1 aliphatic rings. The van der Waals surface area contributed by atoms with Crippen molar-refractivity contribution in [2.45, 2.75) is 25.6 Å². The summed E-state index contributed by atoms with van der Waals surface area (Å²) in [5.74, 6) is 0. The van der Waals surface area contributed by atoms with Crippen molar-refractivity contribution in [1.29, 1.82) is 0 Å². The first kappa shape index (κ1) is 10.3. The van der Waals surface area contributed by atoms with Gasteiger partial charge in [0.05, 0.1) is 0 Å². The number of halogens is 3. The Hall–Kier alpha value is -1.19. The highest BCUT2D eigenvalue weighted by molar-refractivity contribution is 5.59. The summed E-state index contributed by atoms with van der Waals surface area (Å²) in [6.07, 6.45) is -3.43. The van der Waals surface area contributed by atoms with E-state index < -0.39 is 12.7 Å². The van der Waals surface area contributed by atoms with Crippen molar-refractivity contribution < 1.29 is 13.2 Å². The lowest BCUT2D eigenvalue weighted by atomic mass is 10.1. The quantitative estimate of drug-likeness (QED) is 0.696. The molecule has 1 aliphatic heterocycles. The van der Waals surface area contributed by atoms with Crippen LogP contribution in [0.15, 0.2) is 24.3 Å². The summed E-state index contributed by atoms with van der Waals surface area (Å²) >= 11 is 0. The Morgan fingerprint density at radius 1 is 1.33 bits per heavy atom. The molecule has 1 unspecified atom stereocenters. The molecule has 0 saturated heterocycles. The fourth-order valence-corrected chi connectivity index (χ4v) is 2.06. The number of hydrogen-bond donors (Lipinski definition) is 0. The average Bonchev–Trinajstić information content (AvgIpc) is 2.41. The van der Waals surface area contributed by atoms with Gasteiger partial charge in [0, 0.05) is 11.7 Å². The second-order valence-corrected chi connectivity index (χ2v) is 3.92. The first-order valence-corrected chi connectivity index (χ1v) is 4.89. The number of fused-ring (bicyclic) bond motifs is 1. The van der Waals surface area contributed by atoms with Crippen LogP contribution in [0.5, 0.6) is 0 Å². The topological polar surface area (TPSA) is 3.24 Å². The zero-order chi connectivity index (χ0) is 11.1. The number of para-hydroxylation sites is 1. The van der Waals surface area contributed by atoms with Gasteiger partial charge in [-0.2, -0.15) is 13.2 Å². The highest BCUT2D eigenvalue weighted by Crippen LogP contribution is 2.34. The number of rotatable bonds is 1. The molecule has 0 aliphatic carbocycles. The Labute approximate surface area is 86.5 Å². The highest BCUT2D eigenvalue weighted by atomic mass is 19.4. The standard InChI is InChI=1S/C11H12F3N/c1-8-6-9-4-2-3-5-10(9)15(8)7-11(12,13)14/h2-5,8H,6-7H2,1H3. The number of nitrogens with zero attached hydrogens (tertiary/aromatic N) is 1. The van der Waals surface area contributed by atoms with Crippen molar-refractivity contribution in [3.05, 3.63) is 29.8 Å². The van der Waals surface area contributed by atoms with E-state index in [0.717, 1.165) is 11.3 Å². The van der Waals surface area contributed by atoms with Crippen LogP contribution in [0, 0.1) is 0 Å². The molecule has 2 rings (SSSR count). The fourth-order valence-electron chi connectivity index (χ4n) is 2.06. The Bertz CT molecular complexity index is 359. The molecule has 0 amide bonds. The Morgan fingerprint density at radius 3 is 2.67 bits per heavy atom. The number of alkyl halides is 3. The second kappa shape index (κ2) is 3.43. The van der Waals surface area contributed by atoms with Crippen molar-refractivity contribution in [2.75, 3.05) is 11.4 Å². The smallest absolute Gasteiger partial charge is 0.359 e. The molecule has 1 nitrogen and oxygen atoms in total. The third kappa shape index (κ3) is 2.08. The maximum absolute atomic E-state index is 12.3. The van der Waals surface area contributed by atoms with Gasteiger partial charge in [0.2, 0.25) is 0 Å². The summed E-state index contributed by atoms with van der Waals surface area (Å²) in [5, 5.41) is 0. The van der Waals surface area contributed by atoms with Crippen LogP contribution in [-0.4, -0.2) is 18.8 Å². The van der Waals surface area contributed by atoms with E-state index in [2.05, 4.69) is 0 Å². The molecule has 4 heteroatoms. The van der Waals surface area contributed by atoms with Crippen LogP contribution in [0.2, 0.25) is 0 Å². The predicted octanol–water partition coefficient (Wildman–Crippen LogP) is 3.00. The van der Waals surface area contributed by atoms with Gasteiger partial charge in [-0.05, 0) is 25.0 Å². The van der Waals surface area contributed by atoms with Gasteiger partial charge in [-0.25, -0.2) is 0 Å². The van der Waals surface area contributed by atoms with Crippen molar-refractivity contribution >= 4 is 5.69 Å². The molecule has 0 spiro atoms. The fraction of sp³-hybridized carbons (Fsp3) is 0.455. The Balaban J connectivity index is 2.26. The van der Waals surface area contributed by atoms with Gasteiger partial charge in [0.15, 0.2) is 0 Å². The van der Waals surface area contributed by atoms with Crippen LogP contribution in [0.3, 0.4) is 0 Å². The van der Waals surface area contributed by atoms with E-state index in [4.69, 9.17) is 0 Å². The maximum atomic E-state index is 12.3. The molecule has 1 heterocycles. The summed E-state index contributed by atoms with van der Waals surface area (Å²) in [5.41, 5.74) is 1.73. The minimum Gasteiger partial charge on any atom is -0.359 e. The van der Waals surface area contributed by atoms with Crippen LogP contribution in [0.25, 0.3) is 0 Å². The summed E-state index contributed by atoms with van der Waals surface area (Å²) < 4.78 is 37.0. The van der Waals surface area contributed by atoms with Crippen molar-refractivity contribution in [3.63, 3.8) is 0 Å². The maximum Gasteiger partial charge on any atom is 0.405 e. The highest BCUT2D eigenvalue weighted by Gasteiger charge is 2.36. The van der Waals surface area contributed by atoms with E-state index in [1.807, 2.05) is 19.1 Å². The number of anilines is 1. The van der Waals surface area contributed by atoms with Gasteiger partial charge in [0.1, 0.15) is 6.54 Å². The number of hydrogen-bond acceptors (Lipinski definition) is 1. The molecule has 0 fully saturated rings. The molecule has 0 saturated carbocycles. The molecule has 15 heavy (non-hydrogen) atoms. The minimum atomic E-state index is -4.13. The summed E-state index contributed by atoms with van der Waals surface area (Å²) in [6.45, 7) is 0.969. The van der Waals surface area contributed by atoms with Crippen LogP contribution < -0.4 is 4.90 Å². The van der Waals surface area contributed by atoms with Crippen LogP contribution >= 0.6 is 0 Å². The van der Waals surface area contributed by atoms with E-state index in [0.29, 0.717) is 6.42 Å². The van der Waals surface area contributed by atoms with Crippen molar-refractivity contribution in [1.82, 2.24) is 0 Å². The van der Waals surface area contributed by atoms with Gasteiger partial charge in [-0.1, -0.05) is 18.2 Å². The van der Waals surface area contributed by atoms with Crippen LogP contribution in [-0.2, 0) is 6.42 Å². The molecule has 0 radical (unpaired) electrons. The van der Waals surface area contributed by atoms with Gasteiger partial charge in [-0.15, -0.1) is 0 Å². The van der Waals surface area contributed by atoms with Crippen LogP contribution in [0.4, 0.5) is 18.9 Å². The molecule has 1 aromatic rings. The zero-order valence-electron chi connectivity index (χ0n) is 8.38. The Kier molecular flexibility index (Phi) is 2.37. The lowest BCUT2D eigenvalue weighted by molar-refractivity contribution is -0.120. The average molecular weight is 215 g/mol. The zero-order valence-corrected chi connectivity index (χ0v) is 8.38. The van der Waals surface area contributed by atoms with Gasteiger partial charge >= 0.3 is 6.18 Å². The van der Waals surface area contributed by atoms with E-state index in [1.165, 1.54) is 4.90 Å². The number of benzene rings is 1. The monoisotopic (exact) mass is 215 g/mol. The first-order valence-electron chi connectivity index (χ1n) is 4.89. The second-order valence-electron chi connectivity index (χ2n) is 3.92. The molecule has 0 N–H and O–H groups in total. The molecular formula is C11H12F3N. The van der Waals surface area contributed by atoms with Crippen LogP contribution in [0.1, 0.15) is 12.5 Å². The molecule has 1 aromatic carbocycles. The predicted molar refractivity (Wildman–Crippen MR) is 53.0 cm³/mol. The van der Waals surface area contributed by atoms with E-state index in [1.54, 1.807) is 12.1 Å². The molecule has 82 valence electrons. The lowest BCUT2D eigenvalue weighted by Crippen LogP contribution is -2.37. The molecule has 0 aromatic heterocycles. The van der Waals surface area contributed by atoms with Gasteiger partial charge in [-0.3, -0.25) is 0 Å². The molecule has 1 atom stereocenters. The molecule has 0 bridgehead atoms. The van der Waals surface area contributed by atoms with Gasteiger partial charge < -0.3 is 4.90 Å². The third-order valence-electron chi connectivity index (χ3n) is 2.70. The van der Waals surface area contributed by atoms with Gasteiger partial charge in [0.25, 0.3) is 0 Å². The largest absolute Gasteiger partial charge is 0.405 e. The van der Waals surface area contributed by atoms with E-state index in [-0.39, 0.29) is 6.04 Å². The third-order valence-corrected chi connectivity index (χ3v) is 2.70. The lowest BCUT2D eigenvalue weighted by Gasteiger charge is -2.25. The SMILES string of the molecule is CC1Cc2ccccc2N1CC(F)(F)F. The van der Waals surface area contributed by atoms with E-state index in [9.17, 15) is 13.2 Å². The van der Waals surface area contributed by atoms with Crippen molar-refractivity contribution in [3.8, 4) is 0 Å². The summed E-state index contributed by atoms with van der Waals surface area (Å²) in [4.78, 5) is 1.43. The summed E-state index contributed by atoms with van der Waals surface area (Å²) in [6, 6.07) is 7.22. The molecular weight excluding hydrogens is 203 g/mol. The first-order chi connectivity index (χ1) is 6.97. The summed E-state index contributed by atoms with van der Waals surface area (Å²) in [7, 11) is 0. The van der Waals surface area contributed by atoms with Crippen molar-refractivity contribution in [2.24, 2.45) is 0 Å². The minimum absolute atomic E-state index is 0.0657. The normalized spacial score (nSPS) is 20.5.